The Kier molecular flexibility index (Phi) is 2.91. The molecule has 0 saturated heterocycles. The van der Waals surface area contributed by atoms with E-state index < -0.39 is 17.7 Å². The quantitative estimate of drug-likeness (QED) is 0.707. The summed E-state index contributed by atoms with van der Waals surface area (Å²) in [6.07, 6.45) is 0.0795. The summed E-state index contributed by atoms with van der Waals surface area (Å²) in [4.78, 5) is 12.8. The van der Waals surface area contributed by atoms with Crippen molar-refractivity contribution in [3.63, 3.8) is 0 Å². The molecule has 0 spiro atoms. The molecule has 1 unspecified atom stereocenters. The second-order valence-electron chi connectivity index (χ2n) is 3.66. The van der Waals surface area contributed by atoms with Crippen LogP contribution in [0.4, 0.5) is 4.39 Å². The number of rotatable bonds is 4. The summed E-state index contributed by atoms with van der Waals surface area (Å²) in [6.45, 7) is 4.05. The van der Waals surface area contributed by atoms with Crippen LogP contribution in [0, 0.1) is 0 Å². The summed E-state index contributed by atoms with van der Waals surface area (Å²) >= 11 is 0. The van der Waals surface area contributed by atoms with Gasteiger partial charge >= 0.3 is 0 Å². The third-order valence-corrected chi connectivity index (χ3v) is 2.23. The number of aliphatic hydroxyl groups is 1. The molecule has 0 bridgehead atoms. The highest BCUT2D eigenvalue weighted by Crippen LogP contribution is 2.41. The van der Waals surface area contributed by atoms with E-state index in [1.165, 1.54) is 4.90 Å². The number of halogens is 1. The lowest BCUT2D eigenvalue weighted by atomic mass is 10.2. The Hall–Kier alpha value is -0.640. The first-order valence-electron chi connectivity index (χ1n) is 4.66. The van der Waals surface area contributed by atoms with E-state index in [1.807, 2.05) is 0 Å². The lowest BCUT2D eigenvalue weighted by Crippen LogP contribution is -2.42. The van der Waals surface area contributed by atoms with Gasteiger partial charge in [0.15, 0.2) is 5.67 Å². The van der Waals surface area contributed by atoms with Gasteiger partial charge in [0, 0.05) is 13.1 Å². The molecule has 0 radical (unpaired) electrons. The molecule has 0 aromatic carbocycles. The van der Waals surface area contributed by atoms with E-state index in [-0.39, 0.29) is 6.54 Å². The summed E-state index contributed by atoms with van der Waals surface area (Å²) in [5.74, 6) is -0.462. The lowest BCUT2D eigenvalue weighted by molar-refractivity contribution is -0.139. The van der Waals surface area contributed by atoms with E-state index in [9.17, 15) is 9.18 Å². The molecule has 0 heterocycles. The predicted molar refractivity (Wildman–Crippen MR) is 47.0 cm³/mol. The van der Waals surface area contributed by atoms with E-state index in [2.05, 4.69) is 0 Å². The van der Waals surface area contributed by atoms with Crippen LogP contribution in [-0.4, -0.2) is 40.8 Å². The number of aliphatic hydroxyl groups excluding tert-OH is 1. The number of carbonyl (C=O) groups excluding carboxylic acids is 1. The van der Waals surface area contributed by atoms with Gasteiger partial charge < -0.3 is 10.0 Å². The van der Waals surface area contributed by atoms with Crippen LogP contribution in [0.5, 0.6) is 0 Å². The van der Waals surface area contributed by atoms with Gasteiger partial charge in [0.1, 0.15) is 0 Å². The first kappa shape index (κ1) is 10.4. The molecular formula is C9H16FNO2. The van der Waals surface area contributed by atoms with Gasteiger partial charge in [-0.05, 0) is 26.7 Å². The number of amides is 1. The zero-order chi connectivity index (χ0) is 10.1. The molecule has 1 saturated carbocycles. The molecule has 76 valence electrons. The minimum Gasteiger partial charge on any atom is -0.392 e. The van der Waals surface area contributed by atoms with Crippen LogP contribution < -0.4 is 0 Å². The second kappa shape index (κ2) is 3.62. The van der Waals surface area contributed by atoms with Gasteiger partial charge in [-0.1, -0.05) is 0 Å². The smallest absolute Gasteiger partial charge is 0.260 e. The van der Waals surface area contributed by atoms with Crippen molar-refractivity contribution >= 4 is 5.91 Å². The number of carbonyl (C=O) groups is 1. The number of hydrogen-bond donors (Lipinski definition) is 1. The number of likely N-dealkylation sites (N-methyl/N-ethyl adjacent to an activating group) is 1. The molecule has 1 amide bonds. The maximum absolute atomic E-state index is 13.3. The molecule has 1 rings (SSSR count). The molecule has 1 aliphatic rings. The minimum atomic E-state index is -1.61. The summed E-state index contributed by atoms with van der Waals surface area (Å²) in [5.41, 5.74) is -1.61. The summed E-state index contributed by atoms with van der Waals surface area (Å²) < 4.78 is 13.3. The Balaban J connectivity index is 2.51. The number of alkyl halides is 1. The van der Waals surface area contributed by atoms with Crippen LogP contribution >= 0.6 is 0 Å². The fourth-order valence-electron chi connectivity index (χ4n) is 1.28. The van der Waals surface area contributed by atoms with Crippen molar-refractivity contribution in [1.82, 2.24) is 4.90 Å². The van der Waals surface area contributed by atoms with Crippen molar-refractivity contribution in [2.45, 2.75) is 38.5 Å². The highest BCUT2D eigenvalue weighted by molar-refractivity contribution is 5.88. The van der Waals surface area contributed by atoms with E-state index in [1.54, 1.807) is 13.8 Å². The lowest BCUT2D eigenvalue weighted by Gasteiger charge is -2.23. The van der Waals surface area contributed by atoms with Crippen LogP contribution in [0.3, 0.4) is 0 Å². The average molecular weight is 189 g/mol. The standard InChI is InChI=1S/C9H16FNO2/c1-3-11(6-7(2)12)8(13)9(10)4-5-9/h7,12H,3-6H2,1-2H3. The summed E-state index contributed by atoms with van der Waals surface area (Å²) in [6, 6.07) is 0. The number of hydrogen-bond acceptors (Lipinski definition) is 2. The van der Waals surface area contributed by atoms with Crippen molar-refractivity contribution in [3.8, 4) is 0 Å². The van der Waals surface area contributed by atoms with E-state index >= 15 is 0 Å². The number of nitrogens with zero attached hydrogens (tertiary/aromatic N) is 1. The van der Waals surface area contributed by atoms with Crippen molar-refractivity contribution in [2.75, 3.05) is 13.1 Å². The molecule has 0 aliphatic heterocycles. The van der Waals surface area contributed by atoms with Gasteiger partial charge in [0.2, 0.25) is 0 Å². The molecule has 0 aromatic rings. The molecule has 13 heavy (non-hydrogen) atoms. The molecule has 0 aromatic heterocycles. The summed E-state index contributed by atoms with van der Waals surface area (Å²) in [5, 5.41) is 9.07. The van der Waals surface area contributed by atoms with Gasteiger partial charge in [0.25, 0.3) is 5.91 Å². The van der Waals surface area contributed by atoms with Crippen LogP contribution in [-0.2, 0) is 4.79 Å². The maximum atomic E-state index is 13.3. The first-order chi connectivity index (χ1) is 5.99. The average Bonchev–Trinajstić information content (AvgIpc) is 2.79. The molecule has 1 aliphatic carbocycles. The molecule has 1 atom stereocenters. The zero-order valence-electron chi connectivity index (χ0n) is 8.09. The largest absolute Gasteiger partial charge is 0.392 e. The molecule has 1 fully saturated rings. The Labute approximate surface area is 77.5 Å². The third kappa shape index (κ3) is 2.40. The molecular weight excluding hydrogens is 173 g/mol. The van der Waals surface area contributed by atoms with E-state index in [4.69, 9.17) is 5.11 Å². The molecule has 1 N–H and O–H groups in total. The highest BCUT2D eigenvalue weighted by atomic mass is 19.1. The van der Waals surface area contributed by atoms with Crippen LogP contribution in [0.15, 0.2) is 0 Å². The van der Waals surface area contributed by atoms with E-state index in [0.717, 1.165) is 0 Å². The fraction of sp³-hybridized carbons (Fsp3) is 0.889. The third-order valence-electron chi connectivity index (χ3n) is 2.23. The first-order valence-corrected chi connectivity index (χ1v) is 4.66. The van der Waals surface area contributed by atoms with Crippen LogP contribution in [0.25, 0.3) is 0 Å². The van der Waals surface area contributed by atoms with Gasteiger partial charge in [-0.25, -0.2) is 4.39 Å². The Morgan fingerprint density at radius 3 is 2.54 bits per heavy atom. The van der Waals surface area contributed by atoms with Gasteiger partial charge in [0.05, 0.1) is 6.10 Å². The van der Waals surface area contributed by atoms with Crippen molar-refractivity contribution in [2.24, 2.45) is 0 Å². The monoisotopic (exact) mass is 189 g/mol. The highest BCUT2D eigenvalue weighted by Gasteiger charge is 2.52. The zero-order valence-corrected chi connectivity index (χ0v) is 8.09. The van der Waals surface area contributed by atoms with Crippen LogP contribution in [0.1, 0.15) is 26.7 Å². The van der Waals surface area contributed by atoms with E-state index in [0.29, 0.717) is 19.4 Å². The summed E-state index contributed by atoms with van der Waals surface area (Å²) in [7, 11) is 0. The fourth-order valence-corrected chi connectivity index (χ4v) is 1.28. The van der Waals surface area contributed by atoms with Gasteiger partial charge in [-0.2, -0.15) is 0 Å². The molecule has 4 heteroatoms. The van der Waals surface area contributed by atoms with Gasteiger partial charge in [-0.15, -0.1) is 0 Å². The van der Waals surface area contributed by atoms with Crippen LogP contribution in [0.2, 0.25) is 0 Å². The molecule has 3 nitrogen and oxygen atoms in total. The van der Waals surface area contributed by atoms with Crippen molar-refractivity contribution in [3.05, 3.63) is 0 Å². The second-order valence-corrected chi connectivity index (χ2v) is 3.66. The Morgan fingerprint density at radius 2 is 2.23 bits per heavy atom. The van der Waals surface area contributed by atoms with Crippen molar-refractivity contribution < 1.29 is 14.3 Å². The normalized spacial score (nSPS) is 20.9. The Bertz CT molecular complexity index is 202. The topological polar surface area (TPSA) is 40.5 Å². The predicted octanol–water partition coefficient (Wildman–Crippen LogP) is 0.718. The SMILES string of the molecule is CCN(CC(C)O)C(=O)C1(F)CC1. The minimum absolute atomic E-state index is 0.223. The van der Waals surface area contributed by atoms with Gasteiger partial charge in [-0.3, -0.25) is 4.79 Å². The Morgan fingerprint density at radius 1 is 1.69 bits per heavy atom. The van der Waals surface area contributed by atoms with Crippen molar-refractivity contribution in [1.29, 1.82) is 0 Å². The maximum Gasteiger partial charge on any atom is 0.260 e.